The summed E-state index contributed by atoms with van der Waals surface area (Å²) in [6, 6.07) is 17.8. The molecule has 3 aromatic carbocycles. The number of anilines is 1. The third kappa shape index (κ3) is 4.48. The summed E-state index contributed by atoms with van der Waals surface area (Å²) < 4.78 is 16.3. The molecule has 0 heterocycles. The van der Waals surface area contributed by atoms with Crippen LogP contribution in [0.1, 0.15) is 24.2 Å². The van der Waals surface area contributed by atoms with Crippen LogP contribution >= 0.6 is 0 Å². The molecular weight excluding hydrogens is 370 g/mol. The second-order valence-corrected chi connectivity index (χ2v) is 6.33. The molecule has 29 heavy (non-hydrogen) atoms. The van der Waals surface area contributed by atoms with Crippen LogP contribution in [-0.4, -0.2) is 31.7 Å². The van der Waals surface area contributed by atoms with Crippen molar-refractivity contribution < 1.29 is 23.8 Å². The Labute approximate surface area is 169 Å². The van der Waals surface area contributed by atoms with Gasteiger partial charge in [0.25, 0.3) is 5.91 Å². The van der Waals surface area contributed by atoms with E-state index in [4.69, 9.17) is 14.2 Å². The molecule has 0 spiro atoms. The molecule has 3 aromatic rings. The molecule has 0 saturated carbocycles. The number of carbonyl (C=O) groups is 2. The first-order valence-corrected chi connectivity index (χ1v) is 9.34. The lowest BCUT2D eigenvalue weighted by atomic mass is 10.0. The highest BCUT2D eigenvalue weighted by molar-refractivity contribution is 6.07. The molecule has 0 aliphatic rings. The van der Waals surface area contributed by atoms with Crippen molar-refractivity contribution in [3.8, 4) is 11.5 Å². The lowest BCUT2D eigenvalue weighted by Gasteiger charge is -2.16. The maximum Gasteiger partial charge on any atom is 0.339 e. The highest BCUT2D eigenvalue weighted by Gasteiger charge is 2.22. The summed E-state index contributed by atoms with van der Waals surface area (Å²) in [5.41, 5.74) is 0.896. The maximum absolute atomic E-state index is 12.7. The van der Waals surface area contributed by atoms with Gasteiger partial charge in [-0.05, 0) is 43.5 Å². The topological polar surface area (TPSA) is 73.9 Å². The average Bonchev–Trinajstić information content (AvgIpc) is 2.74. The first-order valence-electron chi connectivity index (χ1n) is 9.34. The second-order valence-electron chi connectivity index (χ2n) is 6.33. The second kappa shape index (κ2) is 9.10. The Morgan fingerprint density at radius 2 is 1.62 bits per heavy atom. The molecule has 0 bridgehead atoms. The van der Waals surface area contributed by atoms with E-state index in [9.17, 15) is 9.59 Å². The number of carbonyl (C=O) groups excluding carboxylic acids is 2. The Balaban J connectivity index is 1.76. The summed E-state index contributed by atoms with van der Waals surface area (Å²) in [6.07, 6.45) is -0.988. The van der Waals surface area contributed by atoms with Gasteiger partial charge in [-0.25, -0.2) is 4.79 Å². The van der Waals surface area contributed by atoms with Crippen molar-refractivity contribution in [3.63, 3.8) is 0 Å². The van der Waals surface area contributed by atoms with Crippen molar-refractivity contribution in [2.75, 3.05) is 19.0 Å². The molecule has 6 heteroatoms. The molecule has 0 aliphatic heterocycles. The molecule has 1 N–H and O–H groups in total. The number of ether oxygens (including phenoxy) is 3. The average molecular weight is 393 g/mol. The molecule has 0 saturated heterocycles. The van der Waals surface area contributed by atoms with Crippen LogP contribution in [-0.2, 0) is 9.53 Å². The van der Waals surface area contributed by atoms with Gasteiger partial charge in [-0.1, -0.05) is 36.4 Å². The Morgan fingerprint density at radius 1 is 0.931 bits per heavy atom. The number of methoxy groups -OCH3 is 1. The Hall–Kier alpha value is -3.54. The van der Waals surface area contributed by atoms with Gasteiger partial charge in [0.05, 0.1) is 25.0 Å². The fourth-order valence-corrected chi connectivity index (χ4v) is 2.99. The van der Waals surface area contributed by atoms with Gasteiger partial charge in [0.15, 0.2) is 6.10 Å². The Bertz CT molecular complexity index is 1030. The smallest absolute Gasteiger partial charge is 0.339 e. The first-order chi connectivity index (χ1) is 14.0. The molecular formula is C23H23NO5. The summed E-state index contributed by atoms with van der Waals surface area (Å²) in [5.74, 6) is 0.200. The van der Waals surface area contributed by atoms with Gasteiger partial charge < -0.3 is 19.5 Å². The zero-order valence-corrected chi connectivity index (χ0v) is 16.6. The van der Waals surface area contributed by atoms with Crippen LogP contribution < -0.4 is 14.8 Å². The van der Waals surface area contributed by atoms with Gasteiger partial charge in [0, 0.05) is 5.39 Å². The summed E-state index contributed by atoms with van der Waals surface area (Å²) in [7, 11) is 1.58. The summed E-state index contributed by atoms with van der Waals surface area (Å²) in [6.45, 7) is 3.87. The van der Waals surface area contributed by atoms with Crippen molar-refractivity contribution in [3.05, 3.63) is 66.2 Å². The predicted molar refractivity (Wildman–Crippen MR) is 112 cm³/mol. The van der Waals surface area contributed by atoms with E-state index in [-0.39, 0.29) is 0 Å². The van der Waals surface area contributed by atoms with E-state index in [1.807, 2.05) is 37.3 Å². The summed E-state index contributed by atoms with van der Waals surface area (Å²) >= 11 is 0. The van der Waals surface area contributed by atoms with Gasteiger partial charge in [0.1, 0.15) is 11.5 Å². The molecule has 6 nitrogen and oxygen atoms in total. The van der Waals surface area contributed by atoms with Crippen molar-refractivity contribution in [2.24, 2.45) is 0 Å². The van der Waals surface area contributed by atoms with Gasteiger partial charge in [0.2, 0.25) is 0 Å². The van der Waals surface area contributed by atoms with Gasteiger partial charge in [-0.2, -0.15) is 0 Å². The van der Waals surface area contributed by atoms with E-state index >= 15 is 0 Å². The molecule has 3 rings (SSSR count). The predicted octanol–water partition coefficient (Wildman–Crippen LogP) is 4.43. The highest BCUT2D eigenvalue weighted by atomic mass is 16.5. The standard InChI is InChI=1S/C23H23NO5/c1-4-28-21-12-8-7-11-19(21)24-22(25)15(2)29-23(26)18-13-14-20(27-3)17-10-6-5-9-16(17)18/h5-15H,4H2,1-3H3,(H,24,25)/t15-/m0/s1. The molecule has 0 radical (unpaired) electrons. The monoisotopic (exact) mass is 393 g/mol. The van der Waals surface area contributed by atoms with Crippen LogP contribution in [0.25, 0.3) is 10.8 Å². The SMILES string of the molecule is CCOc1ccccc1NC(=O)[C@H](C)OC(=O)c1ccc(OC)c2ccccc12. The summed E-state index contributed by atoms with van der Waals surface area (Å²) in [4.78, 5) is 25.3. The van der Waals surface area contributed by atoms with E-state index in [0.29, 0.717) is 34.7 Å². The van der Waals surface area contributed by atoms with Crippen molar-refractivity contribution >= 4 is 28.3 Å². The van der Waals surface area contributed by atoms with Crippen LogP contribution in [0.4, 0.5) is 5.69 Å². The van der Waals surface area contributed by atoms with Crippen LogP contribution in [0.3, 0.4) is 0 Å². The van der Waals surface area contributed by atoms with Crippen LogP contribution in [0.15, 0.2) is 60.7 Å². The number of para-hydroxylation sites is 2. The van der Waals surface area contributed by atoms with E-state index in [1.165, 1.54) is 6.92 Å². The zero-order valence-electron chi connectivity index (χ0n) is 16.6. The number of nitrogens with one attached hydrogen (secondary N) is 1. The third-order valence-electron chi connectivity index (χ3n) is 4.42. The number of rotatable bonds is 7. The fourth-order valence-electron chi connectivity index (χ4n) is 2.99. The molecule has 150 valence electrons. The maximum atomic E-state index is 12.7. The van der Waals surface area contributed by atoms with E-state index in [0.717, 1.165) is 5.39 Å². The lowest BCUT2D eigenvalue weighted by Crippen LogP contribution is -2.30. The van der Waals surface area contributed by atoms with E-state index in [2.05, 4.69) is 5.32 Å². The van der Waals surface area contributed by atoms with Gasteiger partial charge in [-0.15, -0.1) is 0 Å². The van der Waals surface area contributed by atoms with Gasteiger partial charge >= 0.3 is 5.97 Å². The number of esters is 1. The number of benzene rings is 3. The lowest BCUT2D eigenvalue weighted by molar-refractivity contribution is -0.123. The number of amides is 1. The van der Waals surface area contributed by atoms with E-state index in [1.54, 1.807) is 37.4 Å². The Kier molecular flexibility index (Phi) is 6.34. The minimum Gasteiger partial charge on any atom is -0.496 e. The van der Waals surface area contributed by atoms with Crippen molar-refractivity contribution in [2.45, 2.75) is 20.0 Å². The molecule has 0 unspecified atom stereocenters. The van der Waals surface area contributed by atoms with E-state index < -0.39 is 18.0 Å². The fraction of sp³-hybridized carbons (Fsp3) is 0.217. The molecule has 0 aliphatic carbocycles. The first kappa shape index (κ1) is 20.2. The molecule has 0 aromatic heterocycles. The number of fused-ring (bicyclic) bond motifs is 1. The molecule has 1 atom stereocenters. The normalized spacial score (nSPS) is 11.6. The number of hydrogen-bond acceptors (Lipinski definition) is 5. The molecule has 1 amide bonds. The third-order valence-corrected chi connectivity index (χ3v) is 4.42. The van der Waals surface area contributed by atoms with Gasteiger partial charge in [-0.3, -0.25) is 4.79 Å². The zero-order chi connectivity index (χ0) is 20.8. The quantitative estimate of drug-likeness (QED) is 0.601. The minimum atomic E-state index is -0.988. The van der Waals surface area contributed by atoms with Crippen LogP contribution in [0, 0.1) is 0 Å². The van der Waals surface area contributed by atoms with Crippen molar-refractivity contribution in [1.82, 2.24) is 0 Å². The highest BCUT2D eigenvalue weighted by Crippen LogP contribution is 2.29. The van der Waals surface area contributed by atoms with Crippen molar-refractivity contribution in [1.29, 1.82) is 0 Å². The van der Waals surface area contributed by atoms with Crippen LogP contribution in [0.2, 0.25) is 0 Å². The minimum absolute atomic E-state index is 0.371. The van der Waals surface area contributed by atoms with Crippen LogP contribution in [0.5, 0.6) is 11.5 Å². The Morgan fingerprint density at radius 3 is 2.34 bits per heavy atom. The molecule has 0 fully saturated rings. The summed E-state index contributed by atoms with van der Waals surface area (Å²) in [5, 5.41) is 4.24. The number of hydrogen-bond donors (Lipinski definition) is 1. The largest absolute Gasteiger partial charge is 0.496 e.